The van der Waals surface area contributed by atoms with Crippen molar-refractivity contribution in [2.24, 2.45) is 0 Å². The van der Waals surface area contributed by atoms with Crippen LogP contribution in [0.15, 0.2) is 76.1 Å². The standard InChI is InChI=1S/C18H12ClNO3/c19-14-6-2-3-7-15(14)20-10-9-16(21)13-11-12-5-1-4-8-17(12)23-18(13)22/h1-11,20H/b10-9+. The summed E-state index contributed by atoms with van der Waals surface area (Å²) in [5, 5.41) is 4.14. The normalized spacial score (nSPS) is 11.0. The number of rotatable bonds is 4. The first-order valence-corrected chi connectivity index (χ1v) is 7.28. The van der Waals surface area contributed by atoms with Crippen LogP contribution in [-0.4, -0.2) is 5.78 Å². The van der Waals surface area contributed by atoms with Gasteiger partial charge < -0.3 is 9.73 Å². The fraction of sp³-hybridized carbons (Fsp3) is 0. The van der Waals surface area contributed by atoms with Gasteiger partial charge in [-0.15, -0.1) is 0 Å². The number of hydrogen-bond acceptors (Lipinski definition) is 4. The van der Waals surface area contributed by atoms with E-state index >= 15 is 0 Å². The van der Waals surface area contributed by atoms with Gasteiger partial charge in [0.2, 0.25) is 0 Å². The van der Waals surface area contributed by atoms with Crippen molar-refractivity contribution in [2.75, 3.05) is 5.32 Å². The Hall–Kier alpha value is -2.85. The number of nitrogens with one attached hydrogen (secondary N) is 1. The molecule has 0 amide bonds. The van der Waals surface area contributed by atoms with E-state index in [-0.39, 0.29) is 5.56 Å². The van der Waals surface area contributed by atoms with Crippen LogP contribution in [0.25, 0.3) is 11.0 Å². The molecule has 0 bridgehead atoms. The second kappa shape index (κ2) is 6.50. The maximum atomic E-state index is 12.2. The van der Waals surface area contributed by atoms with Crippen LogP contribution in [-0.2, 0) is 0 Å². The Morgan fingerprint density at radius 2 is 1.83 bits per heavy atom. The number of fused-ring (bicyclic) bond motifs is 1. The molecule has 0 aliphatic carbocycles. The largest absolute Gasteiger partial charge is 0.422 e. The van der Waals surface area contributed by atoms with Gasteiger partial charge in [0.25, 0.3) is 0 Å². The van der Waals surface area contributed by atoms with Crippen molar-refractivity contribution in [1.29, 1.82) is 0 Å². The van der Waals surface area contributed by atoms with Gasteiger partial charge in [0.1, 0.15) is 11.1 Å². The lowest BCUT2D eigenvalue weighted by molar-refractivity contribution is 0.104. The van der Waals surface area contributed by atoms with Gasteiger partial charge in [-0.05, 0) is 24.3 Å². The molecule has 0 spiro atoms. The Bertz CT molecular complexity index is 960. The van der Waals surface area contributed by atoms with E-state index in [1.54, 1.807) is 30.3 Å². The number of benzene rings is 2. The summed E-state index contributed by atoms with van der Waals surface area (Å²) in [7, 11) is 0. The van der Waals surface area contributed by atoms with E-state index in [2.05, 4.69) is 5.32 Å². The number of allylic oxidation sites excluding steroid dienone is 1. The SMILES string of the molecule is O=C(/C=C/Nc1ccccc1Cl)c1cc2ccccc2oc1=O. The molecule has 0 aliphatic heterocycles. The number of halogens is 1. The topological polar surface area (TPSA) is 59.3 Å². The second-order valence-electron chi connectivity index (χ2n) is 4.81. The molecule has 4 nitrogen and oxygen atoms in total. The first-order valence-electron chi connectivity index (χ1n) is 6.90. The third kappa shape index (κ3) is 3.33. The van der Waals surface area contributed by atoms with Crippen LogP contribution in [0, 0.1) is 0 Å². The van der Waals surface area contributed by atoms with Crippen molar-refractivity contribution >= 4 is 34.0 Å². The first-order chi connectivity index (χ1) is 11.1. The highest BCUT2D eigenvalue weighted by molar-refractivity contribution is 6.33. The van der Waals surface area contributed by atoms with Gasteiger partial charge in [-0.2, -0.15) is 0 Å². The third-order valence-corrected chi connectivity index (χ3v) is 3.58. The van der Waals surface area contributed by atoms with Gasteiger partial charge in [-0.1, -0.05) is 41.9 Å². The van der Waals surface area contributed by atoms with Gasteiger partial charge >= 0.3 is 5.63 Å². The van der Waals surface area contributed by atoms with Crippen LogP contribution in [0.3, 0.4) is 0 Å². The third-order valence-electron chi connectivity index (χ3n) is 3.25. The van der Waals surface area contributed by atoms with Crippen LogP contribution >= 0.6 is 11.6 Å². The Labute approximate surface area is 137 Å². The van der Waals surface area contributed by atoms with Crippen molar-refractivity contribution in [2.45, 2.75) is 0 Å². The molecule has 2 aromatic carbocycles. The van der Waals surface area contributed by atoms with Crippen molar-refractivity contribution in [3.8, 4) is 0 Å². The number of carbonyl (C=O) groups excluding carboxylic acids is 1. The molecule has 5 heteroatoms. The van der Waals surface area contributed by atoms with Gasteiger partial charge in [-0.3, -0.25) is 4.79 Å². The van der Waals surface area contributed by atoms with E-state index < -0.39 is 11.4 Å². The van der Waals surface area contributed by atoms with Crippen LogP contribution < -0.4 is 10.9 Å². The molecule has 1 aromatic heterocycles. The zero-order chi connectivity index (χ0) is 16.2. The number of hydrogen-bond donors (Lipinski definition) is 1. The van der Waals surface area contributed by atoms with E-state index in [9.17, 15) is 9.59 Å². The molecule has 3 rings (SSSR count). The number of anilines is 1. The van der Waals surface area contributed by atoms with E-state index in [1.807, 2.05) is 18.2 Å². The molecule has 0 fully saturated rings. The fourth-order valence-corrected chi connectivity index (χ4v) is 2.30. The summed E-state index contributed by atoms with van der Waals surface area (Å²) in [6.45, 7) is 0. The lowest BCUT2D eigenvalue weighted by Gasteiger charge is -2.02. The summed E-state index contributed by atoms with van der Waals surface area (Å²) in [4.78, 5) is 24.1. The highest BCUT2D eigenvalue weighted by atomic mass is 35.5. The highest BCUT2D eigenvalue weighted by Gasteiger charge is 2.10. The molecule has 1 N–H and O–H groups in total. The van der Waals surface area contributed by atoms with Gasteiger partial charge in [0.15, 0.2) is 5.78 Å². The predicted octanol–water partition coefficient (Wildman–Crippen LogP) is 4.25. The molecular formula is C18H12ClNO3. The smallest absolute Gasteiger partial charge is 0.347 e. The molecule has 23 heavy (non-hydrogen) atoms. The highest BCUT2D eigenvalue weighted by Crippen LogP contribution is 2.20. The van der Waals surface area contributed by atoms with E-state index in [1.165, 1.54) is 18.3 Å². The molecule has 0 saturated heterocycles. The van der Waals surface area contributed by atoms with Gasteiger partial charge in [-0.25, -0.2) is 4.79 Å². The molecule has 0 unspecified atom stereocenters. The zero-order valence-corrected chi connectivity index (χ0v) is 12.7. The second-order valence-corrected chi connectivity index (χ2v) is 5.21. The molecule has 0 atom stereocenters. The van der Waals surface area contributed by atoms with Crippen LogP contribution in [0.4, 0.5) is 5.69 Å². The van der Waals surface area contributed by atoms with E-state index in [0.29, 0.717) is 21.7 Å². The fourth-order valence-electron chi connectivity index (χ4n) is 2.11. The first kappa shape index (κ1) is 15.1. The summed E-state index contributed by atoms with van der Waals surface area (Å²) in [5.74, 6) is -0.441. The minimum atomic E-state index is -0.656. The molecule has 0 radical (unpaired) electrons. The number of para-hydroxylation sites is 2. The Kier molecular flexibility index (Phi) is 4.26. The van der Waals surface area contributed by atoms with Crippen LogP contribution in [0.5, 0.6) is 0 Å². The lowest BCUT2D eigenvalue weighted by atomic mass is 10.1. The minimum absolute atomic E-state index is 0.0130. The molecule has 114 valence electrons. The Morgan fingerprint density at radius 1 is 1.09 bits per heavy atom. The van der Waals surface area contributed by atoms with Crippen molar-refractivity contribution in [3.63, 3.8) is 0 Å². The van der Waals surface area contributed by atoms with Gasteiger partial charge in [0.05, 0.1) is 10.7 Å². The lowest BCUT2D eigenvalue weighted by Crippen LogP contribution is -2.12. The molecular weight excluding hydrogens is 314 g/mol. The summed E-state index contributed by atoms with van der Waals surface area (Å²) < 4.78 is 5.15. The Morgan fingerprint density at radius 3 is 2.65 bits per heavy atom. The monoisotopic (exact) mass is 325 g/mol. The summed E-state index contributed by atoms with van der Waals surface area (Å²) in [6.07, 6.45) is 2.71. The van der Waals surface area contributed by atoms with Crippen molar-refractivity contribution in [1.82, 2.24) is 0 Å². The van der Waals surface area contributed by atoms with E-state index in [4.69, 9.17) is 16.0 Å². The predicted molar refractivity (Wildman–Crippen MR) is 91.0 cm³/mol. The number of ketones is 1. The van der Waals surface area contributed by atoms with Crippen LogP contribution in [0.2, 0.25) is 5.02 Å². The summed E-state index contributed by atoms with van der Waals surface area (Å²) in [6, 6.07) is 15.7. The summed E-state index contributed by atoms with van der Waals surface area (Å²) in [5.41, 5.74) is 0.452. The van der Waals surface area contributed by atoms with Gasteiger partial charge in [0, 0.05) is 17.7 Å². The van der Waals surface area contributed by atoms with E-state index in [0.717, 1.165) is 0 Å². The zero-order valence-electron chi connectivity index (χ0n) is 12.0. The Balaban J connectivity index is 1.83. The number of carbonyl (C=O) groups is 1. The van der Waals surface area contributed by atoms with Crippen molar-refractivity contribution < 1.29 is 9.21 Å². The quantitative estimate of drug-likeness (QED) is 0.442. The molecule has 0 saturated carbocycles. The molecule has 1 heterocycles. The van der Waals surface area contributed by atoms with Crippen molar-refractivity contribution in [3.05, 3.63) is 87.9 Å². The molecule has 0 aliphatic rings. The summed E-state index contributed by atoms with van der Waals surface area (Å²) >= 11 is 6.00. The average molecular weight is 326 g/mol. The van der Waals surface area contributed by atoms with Crippen LogP contribution in [0.1, 0.15) is 10.4 Å². The average Bonchev–Trinajstić information content (AvgIpc) is 2.56. The maximum absolute atomic E-state index is 12.2. The molecule has 3 aromatic rings. The minimum Gasteiger partial charge on any atom is -0.422 e. The maximum Gasteiger partial charge on any atom is 0.347 e.